The molecule has 0 radical (unpaired) electrons. The molecule has 4 rings (SSSR count). The fraction of sp³-hybridized carbons (Fsp3) is 0.941. The van der Waals surface area contributed by atoms with Crippen molar-refractivity contribution in [3.8, 4) is 0 Å². The minimum atomic E-state index is -0.149. The monoisotopic (exact) mass is 280 g/mol. The van der Waals surface area contributed by atoms with E-state index < -0.39 is 0 Å². The minimum absolute atomic E-state index is 0.0438. The van der Waals surface area contributed by atoms with Crippen molar-refractivity contribution in [1.82, 2.24) is 0 Å². The summed E-state index contributed by atoms with van der Waals surface area (Å²) >= 11 is 0. The fourth-order valence-corrected chi connectivity index (χ4v) is 5.39. The maximum atomic E-state index is 11.4. The lowest BCUT2D eigenvalue weighted by molar-refractivity contribution is -0.213. The predicted molar refractivity (Wildman–Crippen MR) is 77.2 cm³/mol. The molecule has 0 unspecified atom stereocenters. The number of rotatable bonds is 1. The third-order valence-corrected chi connectivity index (χ3v) is 6.24. The van der Waals surface area contributed by atoms with Gasteiger partial charge in [0.1, 0.15) is 6.10 Å². The van der Waals surface area contributed by atoms with Gasteiger partial charge in [-0.2, -0.15) is 0 Å². The van der Waals surface area contributed by atoms with Crippen molar-refractivity contribution in [1.29, 1.82) is 0 Å². The van der Waals surface area contributed by atoms with E-state index in [4.69, 9.17) is 9.47 Å². The van der Waals surface area contributed by atoms with Gasteiger partial charge in [0, 0.05) is 12.8 Å². The lowest BCUT2D eigenvalue weighted by Crippen LogP contribution is -2.52. The lowest BCUT2D eigenvalue weighted by atomic mass is 9.77. The molecular formula is C17H28O3. The van der Waals surface area contributed by atoms with Crippen LogP contribution in [0.5, 0.6) is 0 Å². The number of fused-ring (bicyclic) bond motifs is 2. The van der Waals surface area contributed by atoms with Gasteiger partial charge in [-0.3, -0.25) is 4.79 Å². The Labute approximate surface area is 122 Å². The Balaban J connectivity index is 1.96. The van der Waals surface area contributed by atoms with Crippen LogP contribution in [0.15, 0.2) is 0 Å². The van der Waals surface area contributed by atoms with E-state index in [2.05, 4.69) is 27.7 Å². The standard InChI is InChI=1S/C17H28O3/c1-10-8-14(19-11(2)18)15-13(10)9-12-6-7-17(15,5)20-16(12,3)4/h10,12-15H,6-9H2,1-5H3/t10-,12-,13-,14-,15+,17+/m1/s1. The minimum Gasteiger partial charge on any atom is -0.462 e. The summed E-state index contributed by atoms with van der Waals surface area (Å²) in [5, 5.41) is 0. The molecule has 3 nitrogen and oxygen atoms in total. The van der Waals surface area contributed by atoms with Crippen LogP contribution < -0.4 is 0 Å². The van der Waals surface area contributed by atoms with Gasteiger partial charge in [0.25, 0.3) is 0 Å². The van der Waals surface area contributed by atoms with E-state index in [-0.39, 0.29) is 23.3 Å². The highest BCUT2D eigenvalue weighted by atomic mass is 16.6. The molecule has 0 N–H and O–H groups in total. The summed E-state index contributed by atoms with van der Waals surface area (Å²) in [6.45, 7) is 10.6. The molecule has 114 valence electrons. The Kier molecular flexibility index (Phi) is 3.20. The zero-order valence-electron chi connectivity index (χ0n) is 13.4. The number of hydrogen-bond acceptors (Lipinski definition) is 3. The highest BCUT2D eigenvalue weighted by molar-refractivity contribution is 5.66. The highest BCUT2D eigenvalue weighted by Gasteiger charge is 2.60. The fourth-order valence-electron chi connectivity index (χ4n) is 5.39. The summed E-state index contributed by atoms with van der Waals surface area (Å²) in [6, 6.07) is 0. The topological polar surface area (TPSA) is 35.5 Å². The zero-order valence-corrected chi connectivity index (χ0v) is 13.4. The van der Waals surface area contributed by atoms with Crippen LogP contribution in [-0.4, -0.2) is 23.3 Å². The summed E-state index contributed by atoms with van der Waals surface area (Å²) in [5.74, 6) is 2.13. The maximum absolute atomic E-state index is 11.4. The van der Waals surface area contributed by atoms with Gasteiger partial charge in [0.2, 0.25) is 0 Å². The average Bonchev–Trinajstić information content (AvgIpc) is 2.46. The Morgan fingerprint density at radius 1 is 1.25 bits per heavy atom. The van der Waals surface area contributed by atoms with Crippen LogP contribution in [-0.2, 0) is 14.3 Å². The first-order valence-corrected chi connectivity index (χ1v) is 8.10. The molecule has 2 saturated heterocycles. The molecule has 3 heteroatoms. The van der Waals surface area contributed by atoms with Crippen LogP contribution in [0.2, 0.25) is 0 Å². The molecule has 0 amide bonds. The summed E-state index contributed by atoms with van der Waals surface area (Å²) in [4.78, 5) is 11.4. The van der Waals surface area contributed by atoms with Crippen molar-refractivity contribution in [2.24, 2.45) is 23.7 Å². The summed E-state index contributed by atoms with van der Waals surface area (Å²) in [7, 11) is 0. The van der Waals surface area contributed by atoms with E-state index in [1.54, 1.807) is 0 Å². The SMILES string of the molecule is CC(=O)O[C@@H]1C[C@@H](C)[C@H]2C[C@H]3CC[C@](C)(OC3(C)C)[C@@H]21. The smallest absolute Gasteiger partial charge is 0.302 e. The molecule has 2 saturated carbocycles. The van der Waals surface area contributed by atoms with Crippen LogP contribution in [0.4, 0.5) is 0 Å². The molecule has 2 bridgehead atoms. The van der Waals surface area contributed by atoms with Crippen LogP contribution in [0.25, 0.3) is 0 Å². The number of esters is 1. The zero-order chi connectivity index (χ0) is 14.7. The van der Waals surface area contributed by atoms with Gasteiger partial charge in [0.05, 0.1) is 11.2 Å². The number of ether oxygens (including phenoxy) is 2. The normalized spacial score (nSPS) is 49.5. The van der Waals surface area contributed by atoms with Gasteiger partial charge >= 0.3 is 5.97 Å². The van der Waals surface area contributed by atoms with Gasteiger partial charge in [-0.05, 0) is 64.2 Å². The van der Waals surface area contributed by atoms with E-state index in [9.17, 15) is 4.79 Å². The molecule has 4 fully saturated rings. The third-order valence-electron chi connectivity index (χ3n) is 6.24. The van der Waals surface area contributed by atoms with Crippen molar-refractivity contribution in [3.63, 3.8) is 0 Å². The van der Waals surface area contributed by atoms with Gasteiger partial charge in [-0.15, -0.1) is 0 Å². The van der Waals surface area contributed by atoms with Crippen molar-refractivity contribution < 1.29 is 14.3 Å². The summed E-state index contributed by atoms with van der Waals surface area (Å²) in [5.41, 5.74) is -0.177. The molecule has 2 aliphatic carbocycles. The van der Waals surface area contributed by atoms with Gasteiger partial charge in [-0.25, -0.2) is 0 Å². The van der Waals surface area contributed by atoms with Crippen molar-refractivity contribution >= 4 is 5.97 Å². The number of carbonyl (C=O) groups is 1. The Morgan fingerprint density at radius 2 is 1.95 bits per heavy atom. The number of carbonyl (C=O) groups excluding carboxylic acids is 1. The van der Waals surface area contributed by atoms with Crippen LogP contribution in [0, 0.1) is 23.7 Å². The quantitative estimate of drug-likeness (QED) is 0.689. The molecule has 0 spiro atoms. The number of hydrogen-bond donors (Lipinski definition) is 0. The van der Waals surface area contributed by atoms with Crippen LogP contribution in [0.3, 0.4) is 0 Å². The first kappa shape index (κ1) is 14.4. The predicted octanol–water partition coefficient (Wildman–Crippen LogP) is 3.56. The molecule has 6 atom stereocenters. The Morgan fingerprint density at radius 3 is 2.55 bits per heavy atom. The van der Waals surface area contributed by atoms with Crippen molar-refractivity contribution in [3.05, 3.63) is 0 Å². The second kappa shape index (κ2) is 4.46. The molecule has 0 aromatic carbocycles. The second-order valence-corrected chi connectivity index (χ2v) is 8.04. The Bertz CT molecular complexity index is 416. The molecule has 2 aliphatic heterocycles. The first-order valence-electron chi connectivity index (χ1n) is 8.10. The van der Waals surface area contributed by atoms with Crippen LogP contribution in [0.1, 0.15) is 60.3 Å². The Hall–Kier alpha value is -0.570. The summed E-state index contributed by atoms with van der Waals surface area (Å²) in [6.07, 6.45) is 4.63. The molecule has 4 aliphatic rings. The van der Waals surface area contributed by atoms with E-state index in [1.165, 1.54) is 19.8 Å². The van der Waals surface area contributed by atoms with Crippen molar-refractivity contribution in [2.75, 3.05) is 0 Å². The van der Waals surface area contributed by atoms with E-state index in [0.29, 0.717) is 23.7 Å². The van der Waals surface area contributed by atoms with E-state index >= 15 is 0 Å². The molecular weight excluding hydrogens is 252 g/mol. The second-order valence-electron chi connectivity index (χ2n) is 8.04. The molecule has 20 heavy (non-hydrogen) atoms. The van der Waals surface area contributed by atoms with Gasteiger partial charge in [-0.1, -0.05) is 6.92 Å². The van der Waals surface area contributed by atoms with E-state index in [0.717, 1.165) is 12.8 Å². The van der Waals surface area contributed by atoms with Gasteiger partial charge in [0.15, 0.2) is 0 Å². The molecule has 0 aromatic rings. The van der Waals surface area contributed by atoms with Crippen LogP contribution >= 0.6 is 0 Å². The largest absolute Gasteiger partial charge is 0.462 e. The first-order chi connectivity index (χ1) is 9.23. The molecule has 0 aromatic heterocycles. The lowest BCUT2D eigenvalue weighted by Gasteiger charge is -2.48. The maximum Gasteiger partial charge on any atom is 0.302 e. The summed E-state index contributed by atoms with van der Waals surface area (Å²) < 4.78 is 12.2. The average molecular weight is 280 g/mol. The third kappa shape index (κ3) is 2.09. The molecule has 2 heterocycles. The highest BCUT2D eigenvalue weighted by Crippen LogP contribution is 2.58. The van der Waals surface area contributed by atoms with Gasteiger partial charge < -0.3 is 9.47 Å². The van der Waals surface area contributed by atoms with E-state index in [1.807, 2.05) is 0 Å². The van der Waals surface area contributed by atoms with Crippen molar-refractivity contribution in [2.45, 2.75) is 77.6 Å².